The Hall–Kier alpha value is -2.28. The van der Waals surface area contributed by atoms with Crippen LogP contribution in [0.25, 0.3) is 0 Å². The summed E-state index contributed by atoms with van der Waals surface area (Å²) in [6.45, 7) is 6.06. The molecule has 0 bridgehead atoms. The van der Waals surface area contributed by atoms with Crippen molar-refractivity contribution in [2.24, 2.45) is 0 Å². The molecule has 0 aliphatic rings. The molecule has 1 aromatic rings. The average Bonchev–Trinajstić information content (AvgIpc) is 2.44. The van der Waals surface area contributed by atoms with Gasteiger partial charge in [0.05, 0.1) is 6.61 Å². The molecule has 0 amide bonds. The number of nitriles is 1. The molecule has 1 rings (SSSR count). The lowest BCUT2D eigenvalue weighted by molar-refractivity contribution is -0.138. The molecule has 0 unspecified atom stereocenters. The Morgan fingerprint density at radius 2 is 2.15 bits per heavy atom. The summed E-state index contributed by atoms with van der Waals surface area (Å²) in [5, 5.41) is 9.07. The van der Waals surface area contributed by atoms with Gasteiger partial charge in [0, 0.05) is 18.9 Å². The number of benzene rings is 1. The van der Waals surface area contributed by atoms with Gasteiger partial charge in [-0.15, -0.1) is 0 Å². The van der Waals surface area contributed by atoms with Crippen molar-refractivity contribution in [2.45, 2.75) is 27.2 Å². The maximum atomic E-state index is 11.6. The Balaban J connectivity index is 3.15. The third kappa shape index (κ3) is 3.61. The van der Waals surface area contributed by atoms with E-state index in [1.54, 1.807) is 6.92 Å². The van der Waals surface area contributed by atoms with Gasteiger partial charge in [0.15, 0.2) is 5.57 Å². The average molecular weight is 272 g/mol. The molecular formula is C16H20N2O2. The summed E-state index contributed by atoms with van der Waals surface area (Å²) in [6.07, 6.45) is 2.41. The number of hydrogen-bond acceptors (Lipinski definition) is 4. The molecule has 0 heterocycles. The van der Waals surface area contributed by atoms with Crippen LogP contribution in [0.2, 0.25) is 0 Å². The molecule has 4 heteroatoms. The van der Waals surface area contributed by atoms with Gasteiger partial charge in [-0.25, -0.2) is 4.79 Å². The standard InChI is InChI=1S/C16H20N2O2/c1-5-13-9-7-8-12(3)15(13)18(4)11-14(10-17)16(19)20-6-2/h7-9,11H,5-6H2,1-4H3. The summed E-state index contributed by atoms with van der Waals surface area (Å²) < 4.78 is 4.86. The molecule has 106 valence electrons. The van der Waals surface area contributed by atoms with Crippen LogP contribution in [0.3, 0.4) is 0 Å². The monoisotopic (exact) mass is 272 g/mol. The molecule has 0 spiro atoms. The minimum Gasteiger partial charge on any atom is -0.462 e. The smallest absolute Gasteiger partial charge is 0.350 e. The van der Waals surface area contributed by atoms with E-state index < -0.39 is 5.97 Å². The van der Waals surface area contributed by atoms with Crippen molar-refractivity contribution < 1.29 is 9.53 Å². The summed E-state index contributed by atoms with van der Waals surface area (Å²) in [4.78, 5) is 13.4. The third-order valence-electron chi connectivity index (χ3n) is 2.99. The molecule has 0 fully saturated rings. The maximum absolute atomic E-state index is 11.6. The maximum Gasteiger partial charge on any atom is 0.350 e. The zero-order chi connectivity index (χ0) is 15.1. The van der Waals surface area contributed by atoms with Gasteiger partial charge in [-0.1, -0.05) is 25.1 Å². The number of anilines is 1. The van der Waals surface area contributed by atoms with Crippen LogP contribution in [0.1, 0.15) is 25.0 Å². The number of para-hydroxylation sites is 1. The first-order valence-electron chi connectivity index (χ1n) is 6.65. The van der Waals surface area contributed by atoms with Gasteiger partial charge in [0.1, 0.15) is 6.07 Å². The van der Waals surface area contributed by atoms with E-state index in [0.29, 0.717) is 0 Å². The van der Waals surface area contributed by atoms with Gasteiger partial charge in [-0.3, -0.25) is 0 Å². The van der Waals surface area contributed by atoms with Crippen LogP contribution in [0, 0.1) is 18.3 Å². The Kier molecular flexibility index (Phi) is 5.79. The normalized spacial score (nSPS) is 10.8. The number of ether oxygens (including phenoxy) is 1. The Labute approximate surface area is 120 Å². The van der Waals surface area contributed by atoms with Crippen LogP contribution in [0.5, 0.6) is 0 Å². The third-order valence-corrected chi connectivity index (χ3v) is 2.99. The summed E-state index contributed by atoms with van der Waals surface area (Å²) in [5.41, 5.74) is 3.29. The fourth-order valence-corrected chi connectivity index (χ4v) is 2.10. The first-order valence-corrected chi connectivity index (χ1v) is 6.65. The van der Waals surface area contributed by atoms with E-state index in [1.807, 2.05) is 43.1 Å². The second-order valence-corrected chi connectivity index (χ2v) is 4.42. The van der Waals surface area contributed by atoms with Crippen molar-refractivity contribution in [1.82, 2.24) is 0 Å². The van der Waals surface area contributed by atoms with E-state index in [-0.39, 0.29) is 12.2 Å². The zero-order valence-corrected chi connectivity index (χ0v) is 12.4. The van der Waals surface area contributed by atoms with Crippen molar-refractivity contribution >= 4 is 11.7 Å². The van der Waals surface area contributed by atoms with E-state index in [2.05, 4.69) is 6.92 Å². The summed E-state index contributed by atoms with van der Waals surface area (Å²) in [5.74, 6) is -0.589. The fraction of sp³-hybridized carbons (Fsp3) is 0.375. The number of rotatable bonds is 5. The highest BCUT2D eigenvalue weighted by molar-refractivity contribution is 5.93. The van der Waals surface area contributed by atoms with E-state index in [1.165, 1.54) is 11.8 Å². The molecule has 0 aliphatic heterocycles. The van der Waals surface area contributed by atoms with Gasteiger partial charge in [-0.2, -0.15) is 5.26 Å². The van der Waals surface area contributed by atoms with Crippen LogP contribution < -0.4 is 4.90 Å². The second-order valence-electron chi connectivity index (χ2n) is 4.42. The molecule has 1 aromatic carbocycles. The lowest BCUT2D eigenvalue weighted by atomic mass is 10.0. The van der Waals surface area contributed by atoms with Crippen molar-refractivity contribution in [3.05, 3.63) is 41.1 Å². The van der Waals surface area contributed by atoms with Crippen molar-refractivity contribution in [1.29, 1.82) is 5.26 Å². The highest BCUT2D eigenvalue weighted by Crippen LogP contribution is 2.25. The highest BCUT2D eigenvalue weighted by Gasteiger charge is 2.13. The van der Waals surface area contributed by atoms with Crippen molar-refractivity contribution in [3.63, 3.8) is 0 Å². The minimum absolute atomic E-state index is 0.000318. The van der Waals surface area contributed by atoms with E-state index in [0.717, 1.165) is 17.7 Å². The fourth-order valence-electron chi connectivity index (χ4n) is 2.10. The Morgan fingerprint density at radius 1 is 1.45 bits per heavy atom. The molecule has 0 radical (unpaired) electrons. The number of aryl methyl sites for hydroxylation is 2. The van der Waals surface area contributed by atoms with Crippen molar-refractivity contribution in [3.8, 4) is 6.07 Å². The van der Waals surface area contributed by atoms with Crippen molar-refractivity contribution in [2.75, 3.05) is 18.6 Å². The predicted octanol–water partition coefficient (Wildman–Crippen LogP) is 2.96. The Bertz CT molecular complexity index is 556. The number of carbonyl (C=O) groups is 1. The van der Waals surface area contributed by atoms with Gasteiger partial charge in [0.2, 0.25) is 0 Å². The number of carbonyl (C=O) groups excluding carboxylic acids is 1. The Morgan fingerprint density at radius 3 is 2.70 bits per heavy atom. The van der Waals surface area contributed by atoms with E-state index in [9.17, 15) is 4.79 Å². The molecule has 0 saturated carbocycles. The molecule has 0 atom stereocenters. The van der Waals surface area contributed by atoms with Crippen LogP contribution >= 0.6 is 0 Å². The molecule has 0 aliphatic carbocycles. The number of nitrogens with zero attached hydrogens (tertiary/aromatic N) is 2. The summed E-state index contributed by atoms with van der Waals surface area (Å²) in [7, 11) is 1.83. The summed E-state index contributed by atoms with van der Waals surface area (Å²) in [6, 6.07) is 7.95. The molecular weight excluding hydrogens is 252 g/mol. The molecule has 0 aromatic heterocycles. The van der Waals surface area contributed by atoms with Crippen LogP contribution in [-0.4, -0.2) is 19.6 Å². The number of esters is 1. The van der Waals surface area contributed by atoms with Crippen LogP contribution in [-0.2, 0) is 16.0 Å². The summed E-state index contributed by atoms with van der Waals surface area (Å²) >= 11 is 0. The van der Waals surface area contributed by atoms with Gasteiger partial charge >= 0.3 is 5.97 Å². The predicted molar refractivity (Wildman–Crippen MR) is 79.3 cm³/mol. The quantitative estimate of drug-likeness (QED) is 0.470. The first-order chi connectivity index (χ1) is 9.54. The van der Waals surface area contributed by atoms with Gasteiger partial charge < -0.3 is 9.64 Å². The first kappa shape index (κ1) is 15.8. The lowest BCUT2D eigenvalue weighted by Gasteiger charge is -2.21. The second kappa shape index (κ2) is 7.34. The molecule has 0 N–H and O–H groups in total. The van der Waals surface area contributed by atoms with Crippen LogP contribution in [0.15, 0.2) is 30.0 Å². The minimum atomic E-state index is -0.589. The molecule has 20 heavy (non-hydrogen) atoms. The topological polar surface area (TPSA) is 53.3 Å². The van der Waals surface area contributed by atoms with Gasteiger partial charge in [-0.05, 0) is 31.4 Å². The lowest BCUT2D eigenvalue weighted by Crippen LogP contribution is -2.16. The largest absolute Gasteiger partial charge is 0.462 e. The zero-order valence-electron chi connectivity index (χ0n) is 12.4. The van der Waals surface area contributed by atoms with E-state index in [4.69, 9.17) is 10.00 Å². The van der Waals surface area contributed by atoms with Gasteiger partial charge in [0.25, 0.3) is 0 Å². The van der Waals surface area contributed by atoms with Crippen LogP contribution in [0.4, 0.5) is 5.69 Å². The molecule has 0 saturated heterocycles. The van der Waals surface area contributed by atoms with E-state index >= 15 is 0 Å². The molecule has 4 nitrogen and oxygen atoms in total. The highest BCUT2D eigenvalue weighted by atomic mass is 16.5. The SMILES string of the molecule is CCOC(=O)C(C#N)=CN(C)c1c(C)cccc1CC. The number of hydrogen-bond donors (Lipinski definition) is 0.